The Morgan fingerprint density at radius 2 is 1.72 bits per heavy atom. The summed E-state index contributed by atoms with van der Waals surface area (Å²) in [7, 11) is 2.09. The van der Waals surface area contributed by atoms with E-state index in [9.17, 15) is 4.79 Å². The van der Waals surface area contributed by atoms with Crippen LogP contribution in [0.5, 0.6) is 0 Å². The number of aromatic nitrogens is 3. The molecule has 2 amide bonds. The Labute approximate surface area is 179 Å². The average Bonchev–Trinajstić information content (AvgIpc) is 3.39. The number of carbonyl (C=O) groups is 1. The van der Waals surface area contributed by atoms with Crippen molar-refractivity contribution in [3.8, 4) is 0 Å². The molecular weight excluding hydrogens is 384 g/mol. The quantitative estimate of drug-likeness (QED) is 0.716. The summed E-state index contributed by atoms with van der Waals surface area (Å²) in [4.78, 5) is 17.1. The number of urea groups is 1. The molecule has 1 aliphatic carbocycles. The van der Waals surface area contributed by atoms with Crippen LogP contribution in [0, 0.1) is 0 Å². The van der Waals surface area contributed by atoms with Crippen LogP contribution in [0.4, 0.5) is 4.79 Å². The fourth-order valence-electron chi connectivity index (χ4n) is 4.93. The largest absolute Gasteiger partial charge is 0.335 e. The van der Waals surface area contributed by atoms with Gasteiger partial charge in [-0.15, -0.1) is 10.2 Å². The van der Waals surface area contributed by atoms with Crippen molar-refractivity contribution >= 4 is 17.8 Å². The molecule has 3 aliphatic rings. The molecule has 3 fully saturated rings. The molecule has 29 heavy (non-hydrogen) atoms. The number of nitrogens with zero attached hydrogens (tertiary/aromatic N) is 5. The molecular formula is C21H36N6OS. The van der Waals surface area contributed by atoms with E-state index in [-0.39, 0.29) is 6.03 Å². The summed E-state index contributed by atoms with van der Waals surface area (Å²) < 4.78 is 2.18. The van der Waals surface area contributed by atoms with Gasteiger partial charge in [-0.05, 0) is 51.6 Å². The first-order valence-electron chi connectivity index (χ1n) is 11.5. The van der Waals surface area contributed by atoms with E-state index >= 15 is 0 Å². The van der Waals surface area contributed by atoms with Gasteiger partial charge in [0.05, 0.1) is 0 Å². The van der Waals surface area contributed by atoms with Gasteiger partial charge in [0, 0.05) is 44.4 Å². The molecule has 2 aliphatic heterocycles. The lowest BCUT2D eigenvalue weighted by Gasteiger charge is -2.33. The molecule has 1 saturated carbocycles. The van der Waals surface area contributed by atoms with Gasteiger partial charge < -0.3 is 19.7 Å². The van der Waals surface area contributed by atoms with Crippen molar-refractivity contribution in [3.05, 3.63) is 5.82 Å². The second-order valence-corrected chi connectivity index (χ2v) is 9.90. The number of carbonyl (C=O) groups excluding carboxylic acids is 1. The van der Waals surface area contributed by atoms with Crippen LogP contribution in [-0.2, 0) is 7.05 Å². The van der Waals surface area contributed by atoms with E-state index in [0.717, 1.165) is 62.1 Å². The second-order valence-electron chi connectivity index (χ2n) is 8.84. The van der Waals surface area contributed by atoms with E-state index in [1.807, 2.05) is 16.7 Å². The molecule has 1 N–H and O–H groups in total. The van der Waals surface area contributed by atoms with Gasteiger partial charge in [0.2, 0.25) is 0 Å². The fourth-order valence-corrected chi connectivity index (χ4v) is 5.85. The van der Waals surface area contributed by atoms with Gasteiger partial charge in [-0.1, -0.05) is 31.0 Å². The number of amides is 2. The summed E-state index contributed by atoms with van der Waals surface area (Å²) in [5.41, 5.74) is 0. The lowest BCUT2D eigenvalue weighted by atomic mass is 9.95. The number of piperidine rings is 1. The van der Waals surface area contributed by atoms with Crippen LogP contribution in [-0.4, -0.2) is 75.1 Å². The number of thioether (sulfide) groups is 1. The van der Waals surface area contributed by atoms with Crippen molar-refractivity contribution in [2.75, 3.05) is 38.5 Å². The van der Waals surface area contributed by atoms with Crippen LogP contribution < -0.4 is 5.32 Å². The van der Waals surface area contributed by atoms with Gasteiger partial charge >= 0.3 is 6.03 Å². The highest BCUT2D eigenvalue weighted by atomic mass is 32.2. The number of hydrogen-bond acceptors (Lipinski definition) is 5. The first-order chi connectivity index (χ1) is 14.2. The Bertz CT molecular complexity index is 660. The van der Waals surface area contributed by atoms with Crippen LogP contribution in [0.2, 0.25) is 0 Å². The molecule has 2 saturated heterocycles. The molecule has 8 heteroatoms. The summed E-state index contributed by atoms with van der Waals surface area (Å²) in [6.45, 7) is 5.26. The van der Waals surface area contributed by atoms with Gasteiger partial charge in [-0.2, -0.15) is 0 Å². The van der Waals surface area contributed by atoms with Crippen molar-refractivity contribution in [2.24, 2.45) is 7.05 Å². The van der Waals surface area contributed by atoms with E-state index in [4.69, 9.17) is 0 Å². The second kappa shape index (κ2) is 10.2. The predicted octanol–water partition coefficient (Wildman–Crippen LogP) is 3.22. The molecule has 0 bridgehead atoms. The molecule has 1 aromatic rings. The van der Waals surface area contributed by atoms with Crippen molar-refractivity contribution in [3.63, 3.8) is 0 Å². The van der Waals surface area contributed by atoms with Crippen molar-refractivity contribution in [1.82, 2.24) is 29.9 Å². The molecule has 3 heterocycles. The number of rotatable bonds is 6. The summed E-state index contributed by atoms with van der Waals surface area (Å²) in [5.74, 6) is 2.56. The van der Waals surface area contributed by atoms with E-state index in [1.54, 1.807) is 0 Å². The average molecular weight is 421 g/mol. The first kappa shape index (κ1) is 21.0. The van der Waals surface area contributed by atoms with E-state index < -0.39 is 0 Å². The number of likely N-dealkylation sites (tertiary alicyclic amines) is 2. The third-order valence-electron chi connectivity index (χ3n) is 6.79. The lowest BCUT2D eigenvalue weighted by molar-refractivity contribution is 0.173. The maximum Gasteiger partial charge on any atom is 0.317 e. The molecule has 1 aromatic heterocycles. The molecule has 0 unspecified atom stereocenters. The highest BCUT2D eigenvalue weighted by molar-refractivity contribution is 7.99. The van der Waals surface area contributed by atoms with Crippen LogP contribution in [0.3, 0.4) is 0 Å². The smallest absolute Gasteiger partial charge is 0.317 e. The predicted molar refractivity (Wildman–Crippen MR) is 116 cm³/mol. The van der Waals surface area contributed by atoms with Gasteiger partial charge in [-0.25, -0.2) is 4.79 Å². The molecule has 7 nitrogen and oxygen atoms in total. The summed E-state index contributed by atoms with van der Waals surface area (Å²) in [5, 5.41) is 13.2. The SMILES string of the molecule is Cn1c(SCCN2CCCC2)nnc1C1CCN(C(=O)NC2CCCCC2)CC1. The molecule has 0 spiro atoms. The molecule has 0 atom stereocenters. The number of hydrogen-bond donors (Lipinski definition) is 1. The van der Waals surface area contributed by atoms with E-state index in [0.29, 0.717) is 12.0 Å². The Kier molecular flexibility index (Phi) is 7.34. The first-order valence-corrected chi connectivity index (χ1v) is 12.5. The van der Waals surface area contributed by atoms with Gasteiger partial charge in [-0.3, -0.25) is 0 Å². The Hall–Kier alpha value is -1.28. The fraction of sp³-hybridized carbons (Fsp3) is 0.857. The zero-order valence-electron chi connectivity index (χ0n) is 17.8. The van der Waals surface area contributed by atoms with Crippen LogP contribution >= 0.6 is 11.8 Å². The third-order valence-corrected chi connectivity index (χ3v) is 7.79. The monoisotopic (exact) mass is 420 g/mol. The molecule has 4 rings (SSSR count). The maximum atomic E-state index is 12.6. The van der Waals surface area contributed by atoms with Gasteiger partial charge in [0.15, 0.2) is 5.16 Å². The minimum absolute atomic E-state index is 0.131. The molecule has 0 aromatic carbocycles. The van der Waals surface area contributed by atoms with Gasteiger partial charge in [0.1, 0.15) is 5.82 Å². The summed E-state index contributed by atoms with van der Waals surface area (Å²) >= 11 is 1.82. The Morgan fingerprint density at radius 3 is 2.45 bits per heavy atom. The topological polar surface area (TPSA) is 66.3 Å². The minimum atomic E-state index is 0.131. The van der Waals surface area contributed by atoms with E-state index in [1.165, 1.54) is 45.2 Å². The zero-order valence-corrected chi connectivity index (χ0v) is 18.6. The standard InChI is InChI=1S/C21H36N6OS/c1-25-19(23-24-21(25)29-16-15-26-11-5-6-12-26)17-9-13-27(14-10-17)20(28)22-18-7-3-2-4-8-18/h17-18H,2-16H2,1H3,(H,22,28). The molecule has 0 radical (unpaired) electrons. The molecule has 162 valence electrons. The van der Waals surface area contributed by atoms with Crippen LogP contribution in [0.15, 0.2) is 5.16 Å². The van der Waals surface area contributed by atoms with Crippen molar-refractivity contribution < 1.29 is 4.79 Å². The van der Waals surface area contributed by atoms with Crippen molar-refractivity contribution in [2.45, 2.75) is 74.9 Å². The van der Waals surface area contributed by atoms with E-state index in [2.05, 4.69) is 32.0 Å². The lowest BCUT2D eigenvalue weighted by Crippen LogP contribution is -2.48. The zero-order chi connectivity index (χ0) is 20.1. The highest BCUT2D eigenvalue weighted by Gasteiger charge is 2.28. The van der Waals surface area contributed by atoms with Gasteiger partial charge in [0.25, 0.3) is 0 Å². The highest BCUT2D eigenvalue weighted by Crippen LogP contribution is 2.29. The van der Waals surface area contributed by atoms with Crippen LogP contribution in [0.1, 0.15) is 69.5 Å². The number of nitrogens with one attached hydrogen (secondary N) is 1. The maximum absolute atomic E-state index is 12.6. The normalized spacial score (nSPS) is 22.3. The summed E-state index contributed by atoms with van der Waals surface area (Å²) in [6, 6.07) is 0.513. The minimum Gasteiger partial charge on any atom is -0.335 e. The van der Waals surface area contributed by atoms with Crippen molar-refractivity contribution in [1.29, 1.82) is 0 Å². The Balaban J connectivity index is 1.23. The summed E-state index contributed by atoms with van der Waals surface area (Å²) in [6.07, 6.45) is 10.7. The third kappa shape index (κ3) is 5.45. The Morgan fingerprint density at radius 1 is 1.00 bits per heavy atom. The van der Waals surface area contributed by atoms with Crippen LogP contribution in [0.25, 0.3) is 0 Å².